The van der Waals surface area contributed by atoms with E-state index in [0.29, 0.717) is 19.4 Å². The average Bonchev–Trinajstić information content (AvgIpc) is 3.35. The summed E-state index contributed by atoms with van der Waals surface area (Å²) in [6.07, 6.45) is 5.53. The topological polar surface area (TPSA) is 75.9 Å². The molecule has 0 fully saturated rings. The summed E-state index contributed by atoms with van der Waals surface area (Å²) >= 11 is 1.87. The summed E-state index contributed by atoms with van der Waals surface area (Å²) in [4.78, 5) is 20.2. The maximum absolute atomic E-state index is 12.3. The van der Waals surface area contributed by atoms with Crippen LogP contribution >= 0.6 is 11.3 Å². The lowest BCUT2D eigenvalue weighted by atomic mass is 10.1. The van der Waals surface area contributed by atoms with Crippen molar-refractivity contribution in [1.29, 1.82) is 0 Å². The molecule has 0 bridgehead atoms. The molecule has 0 saturated carbocycles. The predicted molar refractivity (Wildman–Crippen MR) is 125 cm³/mol. The Hall–Kier alpha value is -3.10. The Morgan fingerprint density at radius 1 is 1.09 bits per heavy atom. The van der Waals surface area contributed by atoms with Crippen LogP contribution in [-0.4, -0.2) is 43.6 Å². The number of carbonyl (C=O) groups is 1. The molecule has 3 aromatic heterocycles. The van der Waals surface area contributed by atoms with E-state index in [0.717, 1.165) is 49.8 Å². The summed E-state index contributed by atoms with van der Waals surface area (Å²) in [5.74, 6) is 1.85. The van der Waals surface area contributed by atoms with Gasteiger partial charge in [-0.05, 0) is 35.6 Å². The van der Waals surface area contributed by atoms with Crippen molar-refractivity contribution in [3.05, 3.63) is 76.9 Å². The quantitative estimate of drug-likeness (QED) is 0.472. The molecule has 4 heterocycles. The van der Waals surface area contributed by atoms with Crippen molar-refractivity contribution >= 4 is 27.3 Å². The summed E-state index contributed by atoms with van der Waals surface area (Å²) in [6, 6.07) is 14.7. The van der Waals surface area contributed by atoms with Gasteiger partial charge in [0.05, 0.1) is 6.54 Å². The minimum Gasteiger partial charge on any atom is -0.349 e. The number of rotatable bonds is 7. The van der Waals surface area contributed by atoms with Crippen LogP contribution in [0.5, 0.6) is 0 Å². The fraction of sp³-hybridized carbons (Fsp3) is 0.333. The Balaban J connectivity index is 1.15. The number of amides is 1. The van der Waals surface area contributed by atoms with Crippen LogP contribution in [-0.2, 0) is 37.3 Å². The molecular weight excluding hydrogens is 420 g/mol. The van der Waals surface area contributed by atoms with Crippen molar-refractivity contribution in [3.63, 3.8) is 0 Å². The van der Waals surface area contributed by atoms with Crippen LogP contribution in [0.4, 0.5) is 0 Å². The van der Waals surface area contributed by atoms with Gasteiger partial charge in [0, 0.05) is 61.0 Å². The molecule has 5 rings (SSSR count). The maximum Gasteiger partial charge on any atom is 0.220 e. The molecule has 0 radical (unpaired) electrons. The van der Waals surface area contributed by atoms with E-state index in [2.05, 4.69) is 60.3 Å². The Morgan fingerprint density at radius 3 is 2.91 bits per heavy atom. The molecule has 1 aliphatic rings. The lowest BCUT2D eigenvalue weighted by molar-refractivity contribution is -0.121. The van der Waals surface area contributed by atoms with E-state index in [9.17, 15) is 4.79 Å². The van der Waals surface area contributed by atoms with E-state index in [1.807, 2.05) is 23.5 Å². The van der Waals surface area contributed by atoms with Crippen molar-refractivity contribution in [1.82, 2.24) is 30.0 Å². The first-order valence-corrected chi connectivity index (χ1v) is 11.8. The zero-order valence-corrected chi connectivity index (χ0v) is 18.7. The summed E-state index contributed by atoms with van der Waals surface area (Å²) in [7, 11) is 0. The molecule has 0 saturated heterocycles. The maximum atomic E-state index is 12.3. The zero-order valence-electron chi connectivity index (χ0n) is 17.9. The van der Waals surface area contributed by atoms with Crippen LogP contribution < -0.4 is 5.32 Å². The zero-order chi connectivity index (χ0) is 21.8. The Labute approximate surface area is 191 Å². The van der Waals surface area contributed by atoms with Gasteiger partial charge in [0.2, 0.25) is 5.91 Å². The van der Waals surface area contributed by atoms with Crippen molar-refractivity contribution in [2.24, 2.45) is 0 Å². The second-order valence-corrected chi connectivity index (χ2v) is 9.27. The molecular formula is C24H26N6OS. The van der Waals surface area contributed by atoms with E-state index < -0.39 is 0 Å². The van der Waals surface area contributed by atoms with Gasteiger partial charge in [-0.2, -0.15) is 0 Å². The van der Waals surface area contributed by atoms with Gasteiger partial charge in [0.25, 0.3) is 0 Å². The van der Waals surface area contributed by atoms with E-state index in [1.165, 1.54) is 15.0 Å². The third kappa shape index (κ3) is 4.87. The molecule has 1 aromatic carbocycles. The average molecular weight is 447 g/mol. The number of pyridine rings is 1. The highest BCUT2D eigenvalue weighted by Crippen LogP contribution is 2.26. The van der Waals surface area contributed by atoms with Crippen molar-refractivity contribution in [2.75, 3.05) is 13.1 Å². The molecule has 0 unspecified atom stereocenters. The number of carbonyl (C=O) groups excluding carboxylic acids is 1. The minimum atomic E-state index is 0.0196. The molecule has 4 aromatic rings. The van der Waals surface area contributed by atoms with Gasteiger partial charge in [-0.1, -0.05) is 24.3 Å². The van der Waals surface area contributed by atoms with E-state index in [-0.39, 0.29) is 5.91 Å². The molecule has 1 N–H and O–H groups in total. The first kappa shape index (κ1) is 20.8. The van der Waals surface area contributed by atoms with Gasteiger partial charge in [-0.25, -0.2) is 0 Å². The van der Waals surface area contributed by atoms with Crippen LogP contribution in [0.1, 0.15) is 28.5 Å². The van der Waals surface area contributed by atoms with Gasteiger partial charge in [0.1, 0.15) is 5.82 Å². The molecule has 32 heavy (non-hydrogen) atoms. The lowest BCUT2D eigenvalue weighted by Crippen LogP contribution is -2.27. The highest BCUT2D eigenvalue weighted by Gasteiger charge is 2.19. The standard InChI is InChI=1S/C24H26N6OS/c31-24(8-7-18-4-3-10-25-15-18)26-16-23-28-27-22-9-11-29(12-13-30(22)23)17-20-14-19-5-1-2-6-21(19)32-20/h1-6,10,14-15H,7-9,11-13,16-17H2,(H,26,31). The van der Waals surface area contributed by atoms with Gasteiger partial charge in [-0.15, -0.1) is 21.5 Å². The SMILES string of the molecule is O=C(CCc1cccnc1)NCc1nnc2n1CCN(Cc1cc3ccccc3s1)CC2. The molecule has 0 spiro atoms. The predicted octanol–water partition coefficient (Wildman–Crippen LogP) is 3.20. The number of aromatic nitrogens is 4. The first-order chi connectivity index (χ1) is 15.7. The third-order valence-corrected chi connectivity index (χ3v) is 6.96. The van der Waals surface area contributed by atoms with E-state index in [4.69, 9.17) is 0 Å². The molecule has 0 aliphatic carbocycles. The van der Waals surface area contributed by atoms with Crippen molar-refractivity contribution in [3.8, 4) is 0 Å². The van der Waals surface area contributed by atoms with Crippen LogP contribution in [0.3, 0.4) is 0 Å². The van der Waals surface area contributed by atoms with Gasteiger partial charge in [0.15, 0.2) is 5.82 Å². The van der Waals surface area contributed by atoms with Crippen molar-refractivity contribution < 1.29 is 4.79 Å². The van der Waals surface area contributed by atoms with Gasteiger partial charge >= 0.3 is 0 Å². The van der Waals surface area contributed by atoms with Crippen LogP contribution in [0.15, 0.2) is 54.9 Å². The van der Waals surface area contributed by atoms with Crippen LogP contribution in [0.25, 0.3) is 10.1 Å². The van der Waals surface area contributed by atoms with Crippen LogP contribution in [0, 0.1) is 0 Å². The second-order valence-electron chi connectivity index (χ2n) is 8.10. The number of nitrogens with zero attached hydrogens (tertiary/aromatic N) is 5. The molecule has 7 nitrogen and oxygen atoms in total. The number of hydrogen-bond donors (Lipinski definition) is 1. The molecule has 0 atom stereocenters. The smallest absolute Gasteiger partial charge is 0.220 e. The Bertz CT molecular complexity index is 1170. The number of hydrogen-bond acceptors (Lipinski definition) is 6. The largest absolute Gasteiger partial charge is 0.349 e. The lowest BCUT2D eigenvalue weighted by Gasteiger charge is -2.18. The van der Waals surface area contributed by atoms with Crippen LogP contribution in [0.2, 0.25) is 0 Å². The number of thiophene rings is 1. The molecule has 164 valence electrons. The fourth-order valence-electron chi connectivity index (χ4n) is 4.12. The van der Waals surface area contributed by atoms with E-state index in [1.54, 1.807) is 12.4 Å². The van der Waals surface area contributed by atoms with Gasteiger partial charge < -0.3 is 9.88 Å². The van der Waals surface area contributed by atoms with Crippen molar-refractivity contribution in [2.45, 2.75) is 38.9 Å². The normalized spacial score (nSPS) is 14.2. The number of fused-ring (bicyclic) bond motifs is 2. The number of aryl methyl sites for hydroxylation is 1. The Kier molecular flexibility index (Phi) is 6.22. The summed E-state index contributed by atoms with van der Waals surface area (Å²) < 4.78 is 3.52. The third-order valence-electron chi connectivity index (χ3n) is 5.86. The highest BCUT2D eigenvalue weighted by molar-refractivity contribution is 7.19. The van der Waals surface area contributed by atoms with E-state index >= 15 is 0 Å². The highest BCUT2D eigenvalue weighted by atomic mass is 32.1. The summed E-state index contributed by atoms with van der Waals surface area (Å²) in [5, 5.41) is 13.1. The Morgan fingerprint density at radius 2 is 2.03 bits per heavy atom. The summed E-state index contributed by atoms with van der Waals surface area (Å²) in [5.41, 5.74) is 1.07. The molecule has 8 heteroatoms. The first-order valence-electron chi connectivity index (χ1n) is 11.0. The number of benzene rings is 1. The summed E-state index contributed by atoms with van der Waals surface area (Å²) in [6.45, 7) is 4.12. The molecule has 1 amide bonds. The van der Waals surface area contributed by atoms with Gasteiger partial charge in [-0.3, -0.25) is 14.7 Å². The second kappa shape index (κ2) is 9.58. The minimum absolute atomic E-state index is 0.0196. The molecule has 1 aliphatic heterocycles. The number of nitrogens with one attached hydrogen (secondary N) is 1. The fourth-order valence-corrected chi connectivity index (χ4v) is 5.23. The monoisotopic (exact) mass is 446 g/mol.